The molecule has 0 radical (unpaired) electrons. The molecule has 0 heterocycles. The molecule has 2 rings (SSSR count). The van der Waals surface area contributed by atoms with Crippen LogP contribution in [0.1, 0.15) is 0 Å². The molecular weight excluding hydrogens is 337 g/mol. The standard InChI is InChI=1S/C12H5Cl5O/c13-6-3-1-2-4-8(6)18-9-5-7(14)10(15)12(17)11(9)16/h1-5H. The molecule has 0 spiro atoms. The summed E-state index contributed by atoms with van der Waals surface area (Å²) in [5, 5.41) is 1.23. The van der Waals surface area contributed by atoms with E-state index in [4.69, 9.17) is 62.7 Å². The van der Waals surface area contributed by atoms with Crippen molar-refractivity contribution in [2.75, 3.05) is 0 Å². The smallest absolute Gasteiger partial charge is 0.149 e. The molecule has 2 aromatic carbocycles. The monoisotopic (exact) mass is 340 g/mol. The van der Waals surface area contributed by atoms with Crippen molar-refractivity contribution in [3.63, 3.8) is 0 Å². The first-order valence-corrected chi connectivity index (χ1v) is 6.65. The first-order chi connectivity index (χ1) is 8.50. The molecule has 0 aliphatic rings. The van der Waals surface area contributed by atoms with E-state index in [2.05, 4.69) is 0 Å². The van der Waals surface area contributed by atoms with E-state index in [9.17, 15) is 0 Å². The zero-order valence-electron chi connectivity index (χ0n) is 8.68. The highest BCUT2D eigenvalue weighted by Gasteiger charge is 2.15. The van der Waals surface area contributed by atoms with Gasteiger partial charge in [-0.25, -0.2) is 0 Å². The molecule has 0 aliphatic carbocycles. The van der Waals surface area contributed by atoms with Gasteiger partial charge in [0.1, 0.15) is 16.5 Å². The number of hydrogen-bond donors (Lipinski definition) is 0. The molecule has 0 fully saturated rings. The van der Waals surface area contributed by atoms with Gasteiger partial charge >= 0.3 is 0 Å². The van der Waals surface area contributed by atoms with Crippen molar-refractivity contribution in [3.8, 4) is 11.5 Å². The number of rotatable bonds is 2. The van der Waals surface area contributed by atoms with Crippen LogP contribution in [0.5, 0.6) is 11.5 Å². The van der Waals surface area contributed by atoms with Crippen molar-refractivity contribution in [1.82, 2.24) is 0 Å². The molecule has 1 nitrogen and oxygen atoms in total. The van der Waals surface area contributed by atoms with Crippen molar-refractivity contribution in [2.24, 2.45) is 0 Å². The summed E-state index contributed by atoms with van der Waals surface area (Å²) in [6.07, 6.45) is 0. The second kappa shape index (κ2) is 5.77. The maximum atomic E-state index is 6.03. The predicted molar refractivity (Wildman–Crippen MR) is 78.0 cm³/mol. The van der Waals surface area contributed by atoms with E-state index in [0.29, 0.717) is 16.5 Å². The minimum atomic E-state index is 0.146. The van der Waals surface area contributed by atoms with Crippen LogP contribution in [-0.4, -0.2) is 0 Å². The number of halogens is 5. The van der Waals surface area contributed by atoms with Crippen LogP contribution in [0.3, 0.4) is 0 Å². The number of hydrogen-bond acceptors (Lipinski definition) is 1. The normalized spacial score (nSPS) is 10.5. The highest BCUT2D eigenvalue weighted by molar-refractivity contribution is 6.52. The zero-order valence-corrected chi connectivity index (χ0v) is 12.5. The van der Waals surface area contributed by atoms with E-state index in [-0.39, 0.29) is 20.1 Å². The van der Waals surface area contributed by atoms with Crippen LogP contribution in [0.2, 0.25) is 25.1 Å². The van der Waals surface area contributed by atoms with Gasteiger partial charge in [0.15, 0.2) is 0 Å². The van der Waals surface area contributed by atoms with E-state index in [1.54, 1.807) is 24.3 Å². The van der Waals surface area contributed by atoms with Crippen molar-refractivity contribution in [1.29, 1.82) is 0 Å². The Balaban J connectivity index is 2.45. The number of ether oxygens (including phenoxy) is 1. The van der Waals surface area contributed by atoms with Crippen LogP contribution in [0.25, 0.3) is 0 Å². The lowest BCUT2D eigenvalue weighted by molar-refractivity contribution is 0.483. The van der Waals surface area contributed by atoms with Gasteiger partial charge in [0.25, 0.3) is 0 Å². The van der Waals surface area contributed by atoms with Gasteiger partial charge in [0.2, 0.25) is 0 Å². The Morgan fingerprint density at radius 1 is 0.667 bits per heavy atom. The van der Waals surface area contributed by atoms with Crippen LogP contribution in [-0.2, 0) is 0 Å². The van der Waals surface area contributed by atoms with Crippen LogP contribution in [0.15, 0.2) is 30.3 Å². The Hall–Kier alpha value is -0.310. The van der Waals surface area contributed by atoms with Crippen LogP contribution in [0, 0.1) is 0 Å². The average molecular weight is 342 g/mol. The lowest BCUT2D eigenvalue weighted by Crippen LogP contribution is -1.88. The number of para-hydroxylation sites is 1. The quantitative estimate of drug-likeness (QED) is 0.433. The fraction of sp³-hybridized carbons (Fsp3) is 0. The van der Waals surface area contributed by atoms with Crippen molar-refractivity contribution in [3.05, 3.63) is 55.4 Å². The topological polar surface area (TPSA) is 9.23 Å². The molecule has 0 aromatic heterocycles. The second-order valence-corrected chi connectivity index (χ2v) is 5.28. The van der Waals surface area contributed by atoms with Gasteiger partial charge in [-0.05, 0) is 12.1 Å². The average Bonchev–Trinajstić information content (AvgIpc) is 2.36. The van der Waals surface area contributed by atoms with E-state index >= 15 is 0 Å². The van der Waals surface area contributed by atoms with E-state index in [0.717, 1.165) is 0 Å². The highest BCUT2D eigenvalue weighted by Crippen LogP contribution is 2.44. The zero-order chi connectivity index (χ0) is 13.3. The summed E-state index contributed by atoms with van der Waals surface area (Å²) in [5.74, 6) is 0.750. The molecule has 0 N–H and O–H groups in total. The SMILES string of the molecule is Clc1ccccc1Oc1cc(Cl)c(Cl)c(Cl)c1Cl. The minimum absolute atomic E-state index is 0.146. The van der Waals surface area contributed by atoms with E-state index < -0.39 is 0 Å². The summed E-state index contributed by atoms with van der Waals surface area (Å²) >= 11 is 29.7. The van der Waals surface area contributed by atoms with Gasteiger partial charge in [0, 0.05) is 6.07 Å². The van der Waals surface area contributed by atoms with Gasteiger partial charge in [-0.3, -0.25) is 0 Å². The molecule has 0 aliphatic heterocycles. The molecule has 0 saturated heterocycles. The number of benzene rings is 2. The third-order valence-corrected chi connectivity index (χ3v) is 4.17. The third-order valence-electron chi connectivity index (χ3n) is 2.13. The Morgan fingerprint density at radius 3 is 2.00 bits per heavy atom. The molecular formula is C12H5Cl5O. The molecule has 2 aromatic rings. The maximum absolute atomic E-state index is 6.03. The molecule has 0 amide bonds. The van der Waals surface area contributed by atoms with Crippen LogP contribution < -0.4 is 4.74 Å². The first-order valence-electron chi connectivity index (χ1n) is 4.76. The van der Waals surface area contributed by atoms with Gasteiger partial charge in [0.05, 0.1) is 20.1 Å². The molecule has 0 unspecified atom stereocenters. The van der Waals surface area contributed by atoms with Crippen molar-refractivity contribution < 1.29 is 4.74 Å². The Labute approximate surface area is 129 Å². The summed E-state index contributed by atoms with van der Waals surface area (Å²) in [7, 11) is 0. The Morgan fingerprint density at radius 2 is 1.33 bits per heavy atom. The van der Waals surface area contributed by atoms with Crippen molar-refractivity contribution >= 4 is 58.0 Å². The molecule has 6 heteroatoms. The fourth-order valence-corrected chi connectivity index (χ4v) is 2.27. The fourth-order valence-electron chi connectivity index (χ4n) is 1.27. The molecule has 0 saturated carbocycles. The van der Waals surface area contributed by atoms with Gasteiger partial charge in [-0.15, -0.1) is 0 Å². The van der Waals surface area contributed by atoms with Crippen LogP contribution in [0.4, 0.5) is 0 Å². The van der Waals surface area contributed by atoms with Gasteiger partial charge in [-0.2, -0.15) is 0 Å². The lowest BCUT2D eigenvalue weighted by atomic mass is 10.3. The van der Waals surface area contributed by atoms with Gasteiger partial charge < -0.3 is 4.74 Å². The summed E-state index contributed by atoms with van der Waals surface area (Å²) in [4.78, 5) is 0. The third kappa shape index (κ3) is 2.81. The molecule has 0 bridgehead atoms. The maximum Gasteiger partial charge on any atom is 0.149 e. The van der Waals surface area contributed by atoms with Crippen LogP contribution >= 0.6 is 58.0 Å². The minimum Gasteiger partial charge on any atom is -0.454 e. The molecule has 0 atom stereocenters. The Bertz CT molecular complexity index is 597. The first kappa shape index (κ1) is 14.1. The van der Waals surface area contributed by atoms with E-state index in [1.807, 2.05) is 0 Å². The van der Waals surface area contributed by atoms with E-state index in [1.165, 1.54) is 6.07 Å². The van der Waals surface area contributed by atoms with Gasteiger partial charge in [-0.1, -0.05) is 70.1 Å². The summed E-state index contributed by atoms with van der Waals surface area (Å²) < 4.78 is 5.57. The summed E-state index contributed by atoms with van der Waals surface area (Å²) in [6, 6.07) is 8.47. The summed E-state index contributed by atoms with van der Waals surface area (Å²) in [6.45, 7) is 0. The molecule has 18 heavy (non-hydrogen) atoms. The summed E-state index contributed by atoms with van der Waals surface area (Å²) in [5.41, 5.74) is 0. The Kier molecular flexibility index (Phi) is 4.52. The molecule has 94 valence electrons. The lowest BCUT2D eigenvalue weighted by Gasteiger charge is -2.11. The highest BCUT2D eigenvalue weighted by atomic mass is 35.5. The second-order valence-electron chi connectivity index (χ2n) is 3.33. The van der Waals surface area contributed by atoms with Crippen molar-refractivity contribution in [2.45, 2.75) is 0 Å². The predicted octanol–water partition coefficient (Wildman–Crippen LogP) is 6.75. The largest absolute Gasteiger partial charge is 0.454 e.